The summed E-state index contributed by atoms with van der Waals surface area (Å²) in [5.74, 6) is -2.94. The van der Waals surface area contributed by atoms with Crippen LogP contribution in [0.1, 0.15) is 22.6 Å². The fourth-order valence-electron chi connectivity index (χ4n) is 4.31. The van der Waals surface area contributed by atoms with Crippen molar-refractivity contribution in [2.24, 2.45) is 0 Å². The summed E-state index contributed by atoms with van der Waals surface area (Å²) in [6, 6.07) is 17.5. The highest BCUT2D eigenvalue weighted by Crippen LogP contribution is 2.48. The molecule has 0 aliphatic carbocycles. The Kier molecular flexibility index (Phi) is 5.18. The first kappa shape index (κ1) is 21.6. The van der Waals surface area contributed by atoms with Crippen molar-refractivity contribution in [3.05, 3.63) is 111 Å². The first-order valence-electron chi connectivity index (χ1n) is 10.0. The molecule has 0 bridgehead atoms. The smallest absolute Gasteiger partial charge is 0.174 e. The Hall–Kier alpha value is -3.29. The molecule has 1 aliphatic rings. The molecule has 1 aromatic heterocycles. The van der Waals surface area contributed by atoms with Crippen LogP contribution >= 0.6 is 11.6 Å². The van der Waals surface area contributed by atoms with Crippen LogP contribution in [-0.2, 0) is 9.84 Å². The fourth-order valence-corrected chi connectivity index (χ4v) is 5.66. The van der Waals surface area contributed by atoms with Crippen molar-refractivity contribution in [3.8, 4) is 0 Å². The molecule has 1 N–H and O–H groups in total. The second kappa shape index (κ2) is 7.93. The van der Waals surface area contributed by atoms with E-state index in [1.54, 1.807) is 36.5 Å². The standard InChI is InChI=1S/C25H17ClF2N2O2S/c1-33(31,32)25-22(15-6-9-18(27)19(28)13-15)23-17-3-2-12-29-20(17)10-11-21(23)30-24(25)14-4-7-16(26)8-5-14/h2-13,22,30H,1H3. The van der Waals surface area contributed by atoms with E-state index < -0.39 is 27.4 Å². The molecule has 1 unspecified atom stereocenters. The van der Waals surface area contributed by atoms with Crippen molar-refractivity contribution < 1.29 is 17.2 Å². The molecule has 0 saturated carbocycles. The van der Waals surface area contributed by atoms with Crippen molar-refractivity contribution in [1.29, 1.82) is 0 Å². The molecular formula is C25H17ClF2N2O2S. The van der Waals surface area contributed by atoms with Crippen molar-refractivity contribution in [1.82, 2.24) is 4.98 Å². The summed E-state index contributed by atoms with van der Waals surface area (Å²) in [7, 11) is -3.82. The largest absolute Gasteiger partial charge is 0.354 e. The number of aromatic nitrogens is 1. The average Bonchev–Trinajstić information content (AvgIpc) is 2.79. The van der Waals surface area contributed by atoms with Crippen LogP contribution in [0.3, 0.4) is 0 Å². The second-order valence-electron chi connectivity index (χ2n) is 7.85. The van der Waals surface area contributed by atoms with Crippen LogP contribution in [0, 0.1) is 11.6 Å². The molecule has 0 amide bonds. The lowest BCUT2D eigenvalue weighted by Gasteiger charge is -2.32. The normalized spacial score (nSPS) is 15.9. The Labute approximate surface area is 194 Å². The van der Waals surface area contributed by atoms with Crippen molar-refractivity contribution in [3.63, 3.8) is 0 Å². The summed E-state index contributed by atoms with van der Waals surface area (Å²) in [5, 5.41) is 4.49. The zero-order valence-corrected chi connectivity index (χ0v) is 18.9. The monoisotopic (exact) mass is 482 g/mol. The number of pyridine rings is 1. The van der Waals surface area contributed by atoms with Crippen LogP contribution in [0.25, 0.3) is 16.6 Å². The van der Waals surface area contributed by atoms with Gasteiger partial charge in [-0.15, -0.1) is 0 Å². The quantitative estimate of drug-likeness (QED) is 0.381. The number of fused-ring (bicyclic) bond motifs is 3. The Morgan fingerprint density at radius 1 is 0.970 bits per heavy atom. The Morgan fingerprint density at radius 3 is 2.42 bits per heavy atom. The Morgan fingerprint density at radius 2 is 1.73 bits per heavy atom. The number of halogens is 3. The van der Waals surface area contributed by atoms with Gasteiger partial charge in [0.2, 0.25) is 0 Å². The minimum Gasteiger partial charge on any atom is -0.354 e. The molecule has 0 spiro atoms. The van der Waals surface area contributed by atoms with Gasteiger partial charge in [0.05, 0.1) is 16.1 Å². The van der Waals surface area contributed by atoms with Gasteiger partial charge in [0.25, 0.3) is 0 Å². The molecule has 0 fully saturated rings. The summed E-state index contributed by atoms with van der Waals surface area (Å²) in [6.07, 6.45) is 2.76. The number of sulfone groups is 1. The topological polar surface area (TPSA) is 59.1 Å². The maximum absolute atomic E-state index is 14.3. The zero-order chi connectivity index (χ0) is 23.3. The van der Waals surface area contributed by atoms with E-state index in [4.69, 9.17) is 11.6 Å². The third-order valence-electron chi connectivity index (χ3n) is 5.69. The maximum Gasteiger partial charge on any atom is 0.174 e. The van der Waals surface area contributed by atoms with Gasteiger partial charge in [-0.05, 0) is 59.2 Å². The van der Waals surface area contributed by atoms with Gasteiger partial charge in [0.1, 0.15) is 0 Å². The highest BCUT2D eigenvalue weighted by molar-refractivity contribution is 7.94. The van der Waals surface area contributed by atoms with Crippen LogP contribution in [0.15, 0.2) is 77.8 Å². The lowest BCUT2D eigenvalue weighted by Crippen LogP contribution is -2.23. The SMILES string of the molecule is CS(=O)(=O)C1=C(c2ccc(Cl)cc2)Nc2ccc3ncccc3c2C1c1ccc(F)c(F)c1. The summed E-state index contributed by atoms with van der Waals surface area (Å²) >= 11 is 6.04. The van der Waals surface area contributed by atoms with Crippen molar-refractivity contribution in [2.45, 2.75) is 5.92 Å². The highest BCUT2D eigenvalue weighted by atomic mass is 35.5. The molecule has 1 atom stereocenters. The third-order valence-corrected chi connectivity index (χ3v) is 7.18. The zero-order valence-electron chi connectivity index (χ0n) is 17.3. The molecule has 166 valence electrons. The molecule has 3 aromatic carbocycles. The number of allylic oxidation sites excluding steroid dienone is 1. The molecule has 8 heteroatoms. The highest BCUT2D eigenvalue weighted by Gasteiger charge is 2.37. The second-order valence-corrected chi connectivity index (χ2v) is 10.3. The van der Waals surface area contributed by atoms with Gasteiger partial charge in [-0.25, -0.2) is 17.2 Å². The number of benzene rings is 3. The van der Waals surface area contributed by atoms with E-state index in [1.807, 2.05) is 18.2 Å². The van der Waals surface area contributed by atoms with Crippen LogP contribution in [0.2, 0.25) is 5.02 Å². The summed E-state index contributed by atoms with van der Waals surface area (Å²) in [6.45, 7) is 0. The third kappa shape index (κ3) is 3.77. The molecule has 1 aliphatic heterocycles. The van der Waals surface area contributed by atoms with Gasteiger partial charge < -0.3 is 5.32 Å². The van der Waals surface area contributed by atoms with Gasteiger partial charge in [-0.1, -0.05) is 35.9 Å². The summed E-state index contributed by atoms with van der Waals surface area (Å²) in [5.41, 5.74) is 3.23. The van der Waals surface area contributed by atoms with Gasteiger partial charge in [-0.3, -0.25) is 4.98 Å². The number of nitrogens with one attached hydrogen (secondary N) is 1. The lowest BCUT2D eigenvalue weighted by molar-refractivity contribution is 0.507. The van der Waals surface area contributed by atoms with Crippen LogP contribution in [0.4, 0.5) is 14.5 Å². The Bertz CT molecular complexity index is 1550. The van der Waals surface area contributed by atoms with Gasteiger partial charge in [0.15, 0.2) is 21.5 Å². The molecular weight excluding hydrogens is 466 g/mol. The Balaban J connectivity index is 1.90. The van der Waals surface area contributed by atoms with E-state index in [0.717, 1.165) is 18.4 Å². The summed E-state index contributed by atoms with van der Waals surface area (Å²) < 4.78 is 54.5. The molecule has 4 aromatic rings. The van der Waals surface area contributed by atoms with Crippen LogP contribution < -0.4 is 5.32 Å². The molecule has 33 heavy (non-hydrogen) atoms. The van der Waals surface area contributed by atoms with Gasteiger partial charge in [-0.2, -0.15) is 0 Å². The van der Waals surface area contributed by atoms with E-state index in [0.29, 0.717) is 44.0 Å². The predicted molar refractivity (Wildman–Crippen MR) is 127 cm³/mol. The molecule has 2 heterocycles. The van der Waals surface area contributed by atoms with Gasteiger partial charge >= 0.3 is 0 Å². The molecule has 5 rings (SSSR count). The number of hydrogen-bond donors (Lipinski definition) is 1. The number of rotatable bonds is 3. The van der Waals surface area contributed by atoms with E-state index in [-0.39, 0.29) is 4.91 Å². The van der Waals surface area contributed by atoms with Crippen LogP contribution in [-0.4, -0.2) is 19.7 Å². The number of hydrogen-bond acceptors (Lipinski definition) is 4. The van der Waals surface area contributed by atoms with Crippen molar-refractivity contribution >= 4 is 43.7 Å². The van der Waals surface area contributed by atoms with E-state index in [2.05, 4.69) is 10.3 Å². The van der Waals surface area contributed by atoms with Gasteiger partial charge in [0, 0.05) is 34.5 Å². The maximum atomic E-state index is 14.3. The first-order chi connectivity index (χ1) is 15.7. The van der Waals surface area contributed by atoms with E-state index in [1.165, 1.54) is 6.07 Å². The first-order valence-corrected chi connectivity index (χ1v) is 12.3. The molecule has 4 nitrogen and oxygen atoms in total. The minimum absolute atomic E-state index is 0.0553. The predicted octanol–water partition coefficient (Wildman–Crippen LogP) is 6.14. The summed E-state index contributed by atoms with van der Waals surface area (Å²) in [4.78, 5) is 4.44. The average molecular weight is 483 g/mol. The lowest BCUT2D eigenvalue weighted by atomic mass is 9.83. The van der Waals surface area contributed by atoms with E-state index in [9.17, 15) is 17.2 Å². The number of anilines is 1. The molecule has 0 saturated heterocycles. The minimum atomic E-state index is -3.82. The molecule has 0 radical (unpaired) electrons. The fraction of sp³-hybridized carbons (Fsp3) is 0.0800. The van der Waals surface area contributed by atoms with E-state index >= 15 is 0 Å². The number of nitrogens with zero attached hydrogens (tertiary/aromatic N) is 1. The van der Waals surface area contributed by atoms with Crippen molar-refractivity contribution in [2.75, 3.05) is 11.6 Å². The van der Waals surface area contributed by atoms with Crippen LogP contribution in [0.5, 0.6) is 0 Å².